The Bertz CT molecular complexity index is 264. The van der Waals surface area contributed by atoms with E-state index in [1.807, 2.05) is 0 Å². The summed E-state index contributed by atoms with van der Waals surface area (Å²) < 4.78 is 2.24. The zero-order valence-electron chi connectivity index (χ0n) is 5.29. The van der Waals surface area contributed by atoms with Crippen LogP contribution in [0, 0.1) is 0 Å². The van der Waals surface area contributed by atoms with Crippen molar-refractivity contribution in [1.82, 2.24) is 9.66 Å². The molecule has 52 valence electrons. The SMILES string of the molecule is C=Nn1ccnc1C(=C)Br. The Kier molecular flexibility index (Phi) is 2.01. The summed E-state index contributed by atoms with van der Waals surface area (Å²) in [4.78, 5) is 3.97. The van der Waals surface area contributed by atoms with Gasteiger partial charge < -0.3 is 0 Å². The third kappa shape index (κ3) is 1.16. The fourth-order valence-electron chi connectivity index (χ4n) is 0.605. The van der Waals surface area contributed by atoms with Gasteiger partial charge >= 0.3 is 0 Å². The second kappa shape index (κ2) is 2.79. The minimum absolute atomic E-state index is 0.676. The van der Waals surface area contributed by atoms with Gasteiger partial charge in [0.25, 0.3) is 0 Å². The highest BCUT2D eigenvalue weighted by atomic mass is 79.9. The minimum atomic E-state index is 0.676. The number of imidazole rings is 1. The maximum atomic E-state index is 3.97. The molecule has 0 N–H and O–H groups in total. The first-order chi connectivity index (χ1) is 4.75. The summed E-state index contributed by atoms with van der Waals surface area (Å²) in [5.74, 6) is 0.676. The van der Waals surface area contributed by atoms with E-state index in [2.05, 4.69) is 39.3 Å². The molecule has 0 aromatic carbocycles. The molecule has 10 heavy (non-hydrogen) atoms. The predicted molar refractivity (Wildman–Crippen MR) is 45.1 cm³/mol. The van der Waals surface area contributed by atoms with Crippen LogP contribution in [0.3, 0.4) is 0 Å². The molecule has 1 rings (SSSR count). The van der Waals surface area contributed by atoms with Crippen LogP contribution in [-0.4, -0.2) is 16.4 Å². The number of rotatable bonds is 2. The number of hydrogen-bond acceptors (Lipinski definition) is 2. The molecule has 0 bridgehead atoms. The van der Waals surface area contributed by atoms with E-state index in [-0.39, 0.29) is 0 Å². The van der Waals surface area contributed by atoms with Gasteiger partial charge in [-0.05, 0) is 15.9 Å². The molecule has 1 aromatic heterocycles. The van der Waals surface area contributed by atoms with Gasteiger partial charge in [-0.15, -0.1) is 0 Å². The van der Waals surface area contributed by atoms with Crippen molar-refractivity contribution in [3.8, 4) is 0 Å². The van der Waals surface area contributed by atoms with Crippen LogP contribution in [0.5, 0.6) is 0 Å². The molecule has 3 nitrogen and oxygen atoms in total. The molecule has 0 spiro atoms. The van der Waals surface area contributed by atoms with Crippen LogP contribution < -0.4 is 0 Å². The van der Waals surface area contributed by atoms with Gasteiger partial charge in [-0.25, -0.2) is 9.66 Å². The molecule has 0 unspecified atom stereocenters. The molecule has 0 aliphatic heterocycles. The van der Waals surface area contributed by atoms with Crippen molar-refractivity contribution in [2.24, 2.45) is 5.10 Å². The van der Waals surface area contributed by atoms with E-state index < -0.39 is 0 Å². The second-order valence-corrected chi connectivity index (χ2v) is 2.60. The third-order valence-electron chi connectivity index (χ3n) is 1.02. The van der Waals surface area contributed by atoms with Gasteiger partial charge in [0.15, 0.2) is 5.82 Å². The van der Waals surface area contributed by atoms with E-state index in [9.17, 15) is 0 Å². The monoisotopic (exact) mass is 199 g/mol. The smallest absolute Gasteiger partial charge is 0.167 e. The Labute approximate surface area is 67.2 Å². The topological polar surface area (TPSA) is 30.2 Å². The first-order valence-electron chi connectivity index (χ1n) is 2.61. The van der Waals surface area contributed by atoms with E-state index in [0.29, 0.717) is 10.3 Å². The highest BCUT2D eigenvalue weighted by molar-refractivity contribution is 9.15. The number of halogens is 1. The fraction of sp³-hybridized carbons (Fsp3) is 0. The normalized spacial score (nSPS) is 9.30. The molecule has 0 aliphatic carbocycles. The molecular formula is C6H6BrN3. The van der Waals surface area contributed by atoms with Gasteiger partial charge in [-0.3, -0.25) is 0 Å². The first-order valence-corrected chi connectivity index (χ1v) is 3.40. The van der Waals surface area contributed by atoms with Crippen LogP contribution in [0.4, 0.5) is 0 Å². The molecule has 0 aliphatic rings. The van der Waals surface area contributed by atoms with Crippen LogP contribution in [0.15, 0.2) is 24.1 Å². The molecule has 0 saturated heterocycles. The Balaban J connectivity index is 3.13. The summed E-state index contributed by atoms with van der Waals surface area (Å²) in [6, 6.07) is 0. The molecular weight excluding hydrogens is 194 g/mol. The summed E-state index contributed by atoms with van der Waals surface area (Å²) in [5.41, 5.74) is 0. The van der Waals surface area contributed by atoms with Crippen molar-refractivity contribution in [1.29, 1.82) is 0 Å². The number of aromatic nitrogens is 2. The highest BCUT2D eigenvalue weighted by Gasteiger charge is 2.00. The van der Waals surface area contributed by atoms with Gasteiger partial charge in [0.2, 0.25) is 0 Å². The van der Waals surface area contributed by atoms with Crippen molar-refractivity contribution >= 4 is 27.1 Å². The first kappa shape index (κ1) is 7.21. The zero-order valence-corrected chi connectivity index (χ0v) is 6.87. The predicted octanol–water partition coefficient (Wildman–Crippen LogP) is 1.71. The molecule has 1 heterocycles. The summed E-state index contributed by atoms with van der Waals surface area (Å²) >= 11 is 3.19. The molecule has 0 atom stereocenters. The minimum Gasteiger partial charge on any atom is -0.235 e. The lowest BCUT2D eigenvalue weighted by molar-refractivity contribution is 0.871. The molecule has 0 saturated carbocycles. The lowest BCUT2D eigenvalue weighted by atomic mass is 10.6. The lowest BCUT2D eigenvalue weighted by Crippen LogP contribution is -1.90. The van der Waals surface area contributed by atoms with Crippen molar-refractivity contribution in [2.45, 2.75) is 0 Å². The second-order valence-electron chi connectivity index (χ2n) is 1.64. The Morgan fingerprint density at radius 1 is 1.80 bits per heavy atom. The van der Waals surface area contributed by atoms with Gasteiger partial charge in [0, 0.05) is 19.1 Å². The average molecular weight is 200 g/mol. The van der Waals surface area contributed by atoms with Crippen molar-refractivity contribution < 1.29 is 0 Å². The van der Waals surface area contributed by atoms with Crippen LogP contribution >= 0.6 is 15.9 Å². The van der Waals surface area contributed by atoms with Gasteiger partial charge in [-0.1, -0.05) is 6.58 Å². The van der Waals surface area contributed by atoms with Crippen molar-refractivity contribution in [2.75, 3.05) is 0 Å². The number of hydrogen-bond donors (Lipinski definition) is 0. The molecule has 0 amide bonds. The molecule has 0 fully saturated rings. The largest absolute Gasteiger partial charge is 0.235 e. The molecule has 0 radical (unpaired) electrons. The van der Waals surface area contributed by atoms with Crippen LogP contribution in [0.2, 0.25) is 0 Å². The number of nitrogens with zero attached hydrogens (tertiary/aromatic N) is 3. The van der Waals surface area contributed by atoms with E-state index in [1.165, 1.54) is 4.68 Å². The third-order valence-corrected chi connectivity index (χ3v) is 1.37. The summed E-state index contributed by atoms with van der Waals surface area (Å²) in [5, 5.41) is 3.67. The lowest BCUT2D eigenvalue weighted by Gasteiger charge is -1.95. The van der Waals surface area contributed by atoms with E-state index in [1.54, 1.807) is 12.4 Å². The van der Waals surface area contributed by atoms with E-state index >= 15 is 0 Å². The Morgan fingerprint density at radius 3 is 2.90 bits per heavy atom. The van der Waals surface area contributed by atoms with Crippen molar-refractivity contribution in [3.05, 3.63) is 24.8 Å². The van der Waals surface area contributed by atoms with Gasteiger partial charge in [-0.2, -0.15) is 5.10 Å². The standard InChI is InChI=1S/C6H6BrN3/c1-5(7)6-9-3-4-10(6)8-2/h3-4H,1-2H2. The fourth-order valence-corrected chi connectivity index (χ4v) is 0.889. The molecule has 1 aromatic rings. The molecule has 4 heteroatoms. The Hall–Kier alpha value is -0.900. The van der Waals surface area contributed by atoms with Crippen molar-refractivity contribution in [3.63, 3.8) is 0 Å². The maximum absolute atomic E-state index is 3.97. The zero-order chi connectivity index (χ0) is 7.56. The summed E-state index contributed by atoms with van der Waals surface area (Å²) in [6.45, 7) is 7.01. The van der Waals surface area contributed by atoms with Gasteiger partial charge in [0.1, 0.15) is 0 Å². The van der Waals surface area contributed by atoms with Crippen LogP contribution in [0.1, 0.15) is 5.82 Å². The van der Waals surface area contributed by atoms with Crippen LogP contribution in [-0.2, 0) is 0 Å². The highest BCUT2D eigenvalue weighted by Crippen LogP contribution is 2.15. The Morgan fingerprint density at radius 2 is 2.50 bits per heavy atom. The van der Waals surface area contributed by atoms with Gasteiger partial charge in [0.05, 0.1) is 4.48 Å². The summed E-state index contributed by atoms with van der Waals surface area (Å²) in [6.07, 6.45) is 3.34. The van der Waals surface area contributed by atoms with Crippen LogP contribution in [0.25, 0.3) is 4.48 Å². The summed E-state index contributed by atoms with van der Waals surface area (Å²) in [7, 11) is 0. The maximum Gasteiger partial charge on any atom is 0.167 e. The quantitative estimate of drug-likeness (QED) is 0.668. The van der Waals surface area contributed by atoms with E-state index in [0.717, 1.165) is 0 Å². The average Bonchev–Trinajstić information content (AvgIpc) is 2.33. The van der Waals surface area contributed by atoms with E-state index in [4.69, 9.17) is 0 Å².